The number of halogens is 2. The van der Waals surface area contributed by atoms with Crippen LogP contribution in [0.15, 0.2) is 30.6 Å². The second kappa shape index (κ2) is 5.88. The van der Waals surface area contributed by atoms with E-state index in [-0.39, 0.29) is 16.1 Å². The molecule has 0 bridgehead atoms. The van der Waals surface area contributed by atoms with Gasteiger partial charge in [0.25, 0.3) is 0 Å². The Balaban J connectivity index is 2.48. The molecule has 0 aliphatic heterocycles. The maximum atomic E-state index is 13.1. The summed E-state index contributed by atoms with van der Waals surface area (Å²) in [6.45, 7) is 0. The van der Waals surface area contributed by atoms with Crippen LogP contribution in [-0.2, 0) is 0 Å². The van der Waals surface area contributed by atoms with Crippen LogP contribution in [0.2, 0.25) is 5.02 Å². The third-order valence-electron chi connectivity index (χ3n) is 2.66. The van der Waals surface area contributed by atoms with Crippen LogP contribution in [-0.4, -0.2) is 25.0 Å². The van der Waals surface area contributed by atoms with Crippen molar-refractivity contribution in [1.29, 1.82) is 0 Å². The molecule has 0 N–H and O–H groups in total. The first kappa shape index (κ1) is 14.3. The first-order valence-electron chi connectivity index (χ1n) is 5.63. The Morgan fingerprint density at radius 3 is 2.50 bits per heavy atom. The molecule has 0 radical (unpaired) electrons. The number of carbonyl (C=O) groups excluding carboxylic acids is 1. The largest absolute Gasteiger partial charge is 0.493 e. The van der Waals surface area contributed by atoms with Gasteiger partial charge in [-0.3, -0.25) is 9.78 Å². The summed E-state index contributed by atoms with van der Waals surface area (Å²) in [5.74, 6) is -0.321. The van der Waals surface area contributed by atoms with E-state index >= 15 is 0 Å². The van der Waals surface area contributed by atoms with Gasteiger partial charge >= 0.3 is 0 Å². The highest BCUT2D eigenvalue weighted by Crippen LogP contribution is 2.36. The van der Waals surface area contributed by atoms with Crippen molar-refractivity contribution in [3.05, 3.63) is 52.6 Å². The molecule has 0 aliphatic rings. The fraction of sp³-hybridized carbons (Fsp3) is 0.143. The normalized spacial score (nSPS) is 10.2. The Morgan fingerprint density at radius 2 is 1.90 bits per heavy atom. The van der Waals surface area contributed by atoms with Crippen LogP contribution >= 0.6 is 11.6 Å². The van der Waals surface area contributed by atoms with Gasteiger partial charge in [0.15, 0.2) is 17.3 Å². The van der Waals surface area contributed by atoms with Crippen LogP contribution in [0.5, 0.6) is 11.5 Å². The number of ether oxygens (including phenoxy) is 2. The zero-order chi connectivity index (χ0) is 14.7. The van der Waals surface area contributed by atoms with E-state index in [2.05, 4.69) is 4.98 Å². The molecule has 1 heterocycles. The van der Waals surface area contributed by atoms with Gasteiger partial charge in [-0.25, -0.2) is 4.39 Å². The number of pyridine rings is 1. The molecule has 0 fully saturated rings. The number of ketones is 1. The first-order valence-corrected chi connectivity index (χ1v) is 6.01. The first-order chi connectivity index (χ1) is 9.56. The van der Waals surface area contributed by atoms with Crippen molar-refractivity contribution in [1.82, 2.24) is 4.98 Å². The van der Waals surface area contributed by atoms with Crippen molar-refractivity contribution in [2.75, 3.05) is 14.2 Å². The van der Waals surface area contributed by atoms with Gasteiger partial charge in [0.2, 0.25) is 0 Å². The Labute approximate surface area is 120 Å². The standard InChI is InChI=1S/C14H11ClFNO3/c1-19-12-5-8(4-11(15)14(12)20-2)13(18)9-3-10(16)7-17-6-9/h3-7H,1-2H3. The molecular formula is C14H11ClFNO3. The second-order valence-corrected chi connectivity index (χ2v) is 4.32. The van der Waals surface area contributed by atoms with Gasteiger partial charge in [-0.05, 0) is 18.2 Å². The minimum absolute atomic E-state index is 0.133. The molecule has 0 atom stereocenters. The molecule has 6 heteroatoms. The molecule has 0 aliphatic carbocycles. The van der Waals surface area contributed by atoms with E-state index in [0.29, 0.717) is 11.5 Å². The monoisotopic (exact) mass is 295 g/mol. The zero-order valence-corrected chi connectivity index (χ0v) is 11.6. The van der Waals surface area contributed by atoms with E-state index in [0.717, 1.165) is 12.3 Å². The van der Waals surface area contributed by atoms with Crippen LogP contribution in [0, 0.1) is 5.82 Å². The molecule has 0 amide bonds. The Kier molecular flexibility index (Phi) is 4.20. The Hall–Kier alpha value is -2.14. The number of nitrogens with zero attached hydrogens (tertiary/aromatic N) is 1. The molecule has 2 rings (SSSR count). The van der Waals surface area contributed by atoms with Gasteiger partial charge in [0.05, 0.1) is 25.4 Å². The van der Waals surface area contributed by atoms with Gasteiger partial charge in [0, 0.05) is 17.3 Å². The van der Waals surface area contributed by atoms with Crippen LogP contribution in [0.25, 0.3) is 0 Å². The molecule has 4 nitrogen and oxygen atoms in total. The average molecular weight is 296 g/mol. The van der Waals surface area contributed by atoms with Crippen molar-refractivity contribution in [2.45, 2.75) is 0 Å². The summed E-state index contributed by atoms with van der Waals surface area (Å²) < 4.78 is 23.3. The molecule has 0 saturated heterocycles. The highest BCUT2D eigenvalue weighted by Gasteiger charge is 2.17. The van der Waals surface area contributed by atoms with Gasteiger partial charge in [-0.2, -0.15) is 0 Å². The lowest BCUT2D eigenvalue weighted by atomic mass is 10.0. The van der Waals surface area contributed by atoms with Crippen LogP contribution in [0.1, 0.15) is 15.9 Å². The Bertz CT molecular complexity index is 661. The van der Waals surface area contributed by atoms with E-state index in [1.807, 2.05) is 0 Å². The average Bonchev–Trinajstić information content (AvgIpc) is 2.45. The number of aromatic nitrogens is 1. The predicted octanol–water partition coefficient (Wildman–Crippen LogP) is 3.12. The molecule has 2 aromatic rings. The van der Waals surface area contributed by atoms with Crippen LogP contribution in [0.4, 0.5) is 4.39 Å². The van der Waals surface area contributed by atoms with Crippen molar-refractivity contribution in [3.63, 3.8) is 0 Å². The number of carbonyl (C=O) groups is 1. The maximum absolute atomic E-state index is 13.1. The van der Waals surface area contributed by atoms with Crippen molar-refractivity contribution in [2.24, 2.45) is 0 Å². The number of benzene rings is 1. The van der Waals surface area contributed by atoms with Crippen molar-refractivity contribution in [3.8, 4) is 11.5 Å². The van der Waals surface area contributed by atoms with Gasteiger partial charge in [0.1, 0.15) is 5.82 Å². The van der Waals surface area contributed by atoms with Crippen LogP contribution < -0.4 is 9.47 Å². The third kappa shape index (κ3) is 2.72. The molecule has 0 unspecified atom stereocenters. The zero-order valence-electron chi connectivity index (χ0n) is 10.8. The lowest BCUT2D eigenvalue weighted by Crippen LogP contribution is -2.04. The highest BCUT2D eigenvalue weighted by molar-refractivity contribution is 6.33. The van der Waals surface area contributed by atoms with E-state index in [4.69, 9.17) is 21.1 Å². The number of rotatable bonds is 4. The smallest absolute Gasteiger partial charge is 0.194 e. The van der Waals surface area contributed by atoms with E-state index in [9.17, 15) is 9.18 Å². The van der Waals surface area contributed by atoms with Crippen molar-refractivity contribution >= 4 is 17.4 Å². The second-order valence-electron chi connectivity index (χ2n) is 3.91. The maximum Gasteiger partial charge on any atom is 0.194 e. The molecule has 20 heavy (non-hydrogen) atoms. The summed E-state index contributed by atoms with van der Waals surface area (Å²) in [4.78, 5) is 15.9. The molecule has 1 aromatic heterocycles. The topological polar surface area (TPSA) is 48.4 Å². The Morgan fingerprint density at radius 1 is 1.15 bits per heavy atom. The van der Waals surface area contributed by atoms with Gasteiger partial charge in [-0.15, -0.1) is 0 Å². The lowest BCUT2D eigenvalue weighted by molar-refractivity contribution is 0.103. The highest BCUT2D eigenvalue weighted by atomic mass is 35.5. The summed E-state index contributed by atoms with van der Waals surface area (Å²) in [6.07, 6.45) is 2.31. The minimum atomic E-state index is -0.581. The summed E-state index contributed by atoms with van der Waals surface area (Å²) in [6, 6.07) is 4.04. The molecular weight excluding hydrogens is 285 g/mol. The third-order valence-corrected chi connectivity index (χ3v) is 2.94. The fourth-order valence-electron chi connectivity index (χ4n) is 1.75. The number of methoxy groups -OCH3 is 2. The predicted molar refractivity (Wildman–Crippen MR) is 72.2 cm³/mol. The number of hydrogen-bond donors (Lipinski definition) is 0. The van der Waals surface area contributed by atoms with E-state index in [1.165, 1.54) is 32.5 Å². The molecule has 0 saturated carbocycles. The van der Waals surface area contributed by atoms with Crippen molar-refractivity contribution < 1.29 is 18.7 Å². The summed E-state index contributed by atoms with van der Waals surface area (Å²) in [7, 11) is 2.88. The molecule has 0 spiro atoms. The van der Waals surface area contributed by atoms with Gasteiger partial charge in [-0.1, -0.05) is 11.6 Å². The lowest BCUT2D eigenvalue weighted by Gasteiger charge is -2.11. The van der Waals surface area contributed by atoms with E-state index < -0.39 is 11.6 Å². The summed E-state index contributed by atoms with van der Waals surface area (Å²) >= 11 is 6.03. The minimum Gasteiger partial charge on any atom is -0.493 e. The molecule has 104 valence electrons. The fourth-order valence-corrected chi connectivity index (χ4v) is 2.04. The number of hydrogen-bond acceptors (Lipinski definition) is 4. The quantitative estimate of drug-likeness (QED) is 0.813. The van der Waals surface area contributed by atoms with Gasteiger partial charge < -0.3 is 9.47 Å². The van der Waals surface area contributed by atoms with Crippen LogP contribution in [0.3, 0.4) is 0 Å². The van der Waals surface area contributed by atoms with E-state index in [1.54, 1.807) is 0 Å². The summed E-state index contributed by atoms with van der Waals surface area (Å²) in [5.41, 5.74) is 0.397. The molecule has 1 aromatic carbocycles. The summed E-state index contributed by atoms with van der Waals surface area (Å²) in [5, 5.41) is 0.236. The SMILES string of the molecule is COc1cc(C(=O)c2cncc(F)c2)cc(Cl)c1OC.